The first-order valence-corrected chi connectivity index (χ1v) is 7.62. The van der Waals surface area contributed by atoms with Gasteiger partial charge in [-0.05, 0) is 37.3 Å². The number of allylic oxidation sites excluding steroid dienone is 2. The summed E-state index contributed by atoms with van der Waals surface area (Å²) in [5, 5.41) is 18.8. The van der Waals surface area contributed by atoms with E-state index in [2.05, 4.69) is 0 Å². The van der Waals surface area contributed by atoms with Crippen LogP contribution in [0.15, 0.2) is 36.4 Å². The SMILES string of the molecule is Cc1cccc(CC(=O)C=CC2CCC(O)C2CC(=O)O)c1. The van der Waals surface area contributed by atoms with Crippen molar-refractivity contribution in [3.63, 3.8) is 0 Å². The summed E-state index contributed by atoms with van der Waals surface area (Å²) in [7, 11) is 0. The van der Waals surface area contributed by atoms with Crippen LogP contribution in [0.3, 0.4) is 0 Å². The number of hydrogen-bond donors (Lipinski definition) is 2. The quantitative estimate of drug-likeness (QED) is 0.792. The number of ketones is 1. The van der Waals surface area contributed by atoms with Gasteiger partial charge in [0.2, 0.25) is 0 Å². The van der Waals surface area contributed by atoms with Crippen molar-refractivity contribution in [2.45, 2.75) is 38.7 Å². The van der Waals surface area contributed by atoms with Crippen molar-refractivity contribution in [1.29, 1.82) is 0 Å². The van der Waals surface area contributed by atoms with Crippen molar-refractivity contribution >= 4 is 11.8 Å². The fourth-order valence-corrected chi connectivity index (χ4v) is 3.12. The molecule has 1 saturated carbocycles. The molecule has 0 radical (unpaired) electrons. The van der Waals surface area contributed by atoms with E-state index in [0.717, 1.165) is 17.5 Å². The maximum absolute atomic E-state index is 12.0. The molecule has 2 N–H and O–H groups in total. The van der Waals surface area contributed by atoms with Gasteiger partial charge in [0, 0.05) is 12.3 Å². The maximum Gasteiger partial charge on any atom is 0.303 e. The number of carboxylic acid groups (broad SMARTS) is 1. The Bertz CT molecular complexity index is 576. The first kappa shape index (κ1) is 16.4. The van der Waals surface area contributed by atoms with Gasteiger partial charge in [0.05, 0.1) is 12.5 Å². The van der Waals surface area contributed by atoms with Crippen molar-refractivity contribution in [3.05, 3.63) is 47.5 Å². The second-order valence-electron chi connectivity index (χ2n) is 6.06. The Hall–Kier alpha value is -1.94. The van der Waals surface area contributed by atoms with Crippen molar-refractivity contribution in [2.75, 3.05) is 0 Å². The third kappa shape index (κ3) is 4.53. The smallest absolute Gasteiger partial charge is 0.303 e. The second kappa shape index (κ2) is 7.36. The molecule has 1 aliphatic rings. The number of aryl methyl sites for hydroxylation is 1. The predicted molar refractivity (Wildman–Crippen MR) is 83.5 cm³/mol. The van der Waals surface area contributed by atoms with E-state index in [9.17, 15) is 14.7 Å². The number of hydrogen-bond acceptors (Lipinski definition) is 3. The lowest BCUT2D eigenvalue weighted by Gasteiger charge is -2.17. The third-order valence-corrected chi connectivity index (χ3v) is 4.24. The van der Waals surface area contributed by atoms with Crippen LogP contribution < -0.4 is 0 Å². The van der Waals surface area contributed by atoms with Crippen LogP contribution in [0.2, 0.25) is 0 Å². The zero-order valence-electron chi connectivity index (χ0n) is 12.7. The van der Waals surface area contributed by atoms with Gasteiger partial charge >= 0.3 is 5.97 Å². The fourth-order valence-electron chi connectivity index (χ4n) is 3.12. The average molecular weight is 302 g/mol. The van der Waals surface area contributed by atoms with Gasteiger partial charge < -0.3 is 10.2 Å². The fraction of sp³-hybridized carbons (Fsp3) is 0.444. The van der Waals surface area contributed by atoms with Gasteiger partial charge in [-0.3, -0.25) is 9.59 Å². The van der Waals surface area contributed by atoms with Crippen molar-refractivity contribution in [2.24, 2.45) is 11.8 Å². The molecule has 1 fully saturated rings. The summed E-state index contributed by atoms with van der Waals surface area (Å²) < 4.78 is 0. The Balaban J connectivity index is 1.95. The van der Waals surface area contributed by atoms with Crippen LogP contribution in [0, 0.1) is 18.8 Å². The molecule has 1 aromatic carbocycles. The average Bonchev–Trinajstić information content (AvgIpc) is 2.77. The summed E-state index contributed by atoms with van der Waals surface area (Å²) in [6.07, 6.45) is 4.35. The number of carbonyl (C=O) groups is 2. The van der Waals surface area contributed by atoms with Gasteiger partial charge in [-0.1, -0.05) is 35.9 Å². The highest BCUT2D eigenvalue weighted by molar-refractivity contribution is 5.91. The summed E-state index contributed by atoms with van der Waals surface area (Å²) in [5.74, 6) is -1.23. The number of aliphatic hydroxyl groups is 1. The summed E-state index contributed by atoms with van der Waals surface area (Å²) in [6, 6.07) is 7.82. The minimum atomic E-state index is -0.907. The third-order valence-electron chi connectivity index (χ3n) is 4.24. The van der Waals surface area contributed by atoms with Crippen LogP contribution in [0.1, 0.15) is 30.4 Å². The largest absolute Gasteiger partial charge is 0.481 e. The molecular formula is C18H22O4. The van der Waals surface area contributed by atoms with Crippen LogP contribution in [-0.4, -0.2) is 28.1 Å². The van der Waals surface area contributed by atoms with E-state index in [4.69, 9.17) is 5.11 Å². The number of benzene rings is 1. The molecule has 3 unspecified atom stereocenters. The van der Waals surface area contributed by atoms with E-state index >= 15 is 0 Å². The summed E-state index contributed by atoms with van der Waals surface area (Å²) >= 11 is 0. The molecule has 0 heterocycles. The zero-order chi connectivity index (χ0) is 16.1. The monoisotopic (exact) mass is 302 g/mol. The van der Waals surface area contributed by atoms with Crippen LogP contribution in [-0.2, 0) is 16.0 Å². The molecule has 4 nitrogen and oxygen atoms in total. The normalized spacial score (nSPS) is 24.7. The van der Waals surface area contributed by atoms with Crippen LogP contribution in [0.25, 0.3) is 0 Å². The Morgan fingerprint density at radius 2 is 2.09 bits per heavy atom. The molecular weight excluding hydrogens is 280 g/mol. The van der Waals surface area contributed by atoms with Crippen LogP contribution in [0.4, 0.5) is 0 Å². The minimum absolute atomic E-state index is 0.000986. The zero-order valence-corrected chi connectivity index (χ0v) is 12.7. The molecule has 0 saturated heterocycles. The molecule has 2 rings (SSSR count). The Morgan fingerprint density at radius 3 is 2.77 bits per heavy atom. The number of aliphatic hydroxyl groups excluding tert-OH is 1. The summed E-state index contributed by atoms with van der Waals surface area (Å²) in [5.41, 5.74) is 2.10. The van der Waals surface area contributed by atoms with Gasteiger partial charge in [0.25, 0.3) is 0 Å². The van der Waals surface area contributed by atoms with Crippen LogP contribution >= 0.6 is 0 Å². The first-order chi connectivity index (χ1) is 10.5. The topological polar surface area (TPSA) is 74.6 Å². The van der Waals surface area contributed by atoms with E-state index in [-0.39, 0.29) is 24.0 Å². The highest BCUT2D eigenvalue weighted by atomic mass is 16.4. The maximum atomic E-state index is 12.0. The molecule has 3 atom stereocenters. The molecule has 0 bridgehead atoms. The van der Waals surface area contributed by atoms with Crippen molar-refractivity contribution in [1.82, 2.24) is 0 Å². The van der Waals surface area contributed by atoms with E-state index < -0.39 is 12.1 Å². The lowest BCUT2D eigenvalue weighted by Crippen LogP contribution is -2.21. The lowest BCUT2D eigenvalue weighted by atomic mass is 9.91. The summed E-state index contributed by atoms with van der Waals surface area (Å²) in [4.78, 5) is 22.9. The number of carboxylic acids is 1. The van der Waals surface area contributed by atoms with E-state index in [1.807, 2.05) is 31.2 Å². The highest BCUT2D eigenvalue weighted by Gasteiger charge is 2.34. The lowest BCUT2D eigenvalue weighted by molar-refractivity contribution is -0.139. The number of carbonyl (C=O) groups excluding carboxylic acids is 1. The van der Waals surface area contributed by atoms with Gasteiger partial charge in [0.1, 0.15) is 0 Å². The molecule has 1 aromatic rings. The van der Waals surface area contributed by atoms with E-state index in [0.29, 0.717) is 12.8 Å². The Labute approximate surface area is 130 Å². The minimum Gasteiger partial charge on any atom is -0.481 e. The Kier molecular flexibility index (Phi) is 5.50. The molecule has 22 heavy (non-hydrogen) atoms. The van der Waals surface area contributed by atoms with Gasteiger partial charge in [-0.15, -0.1) is 0 Å². The predicted octanol–water partition coefficient (Wildman–Crippen LogP) is 2.52. The number of rotatable bonds is 6. The van der Waals surface area contributed by atoms with E-state index in [1.165, 1.54) is 0 Å². The van der Waals surface area contributed by atoms with Crippen molar-refractivity contribution < 1.29 is 19.8 Å². The highest BCUT2D eigenvalue weighted by Crippen LogP contribution is 2.35. The second-order valence-corrected chi connectivity index (χ2v) is 6.06. The first-order valence-electron chi connectivity index (χ1n) is 7.62. The van der Waals surface area contributed by atoms with E-state index in [1.54, 1.807) is 12.2 Å². The molecule has 4 heteroatoms. The van der Waals surface area contributed by atoms with Gasteiger partial charge in [-0.25, -0.2) is 0 Å². The molecule has 0 aliphatic heterocycles. The van der Waals surface area contributed by atoms with Gasteiger partial charge in [0.15, 0.2) is 5.78 Å². The Morgan fingerprint density at radius 1 is 1.32 bits per heavy atom. The standard InChI is InChI=1S/C18H22O4/c1-12-3-2-4-13(9-12)10-15(19)7-5-14-6-8-17(20)16(14)11-18(21)22/h2-5,7,9,14,16-17,20H,6,8,10-11H2,1H3,(H,21,22). The van der Waals surface area contributed by atoms with Crippen molar-refractivity contribution in [3.8, 4) is 0 Å². The van der Waals surface area contributed by atoms with Crippen LogP contribution in [0.5, 0.6) is 0 Å². The molecule has 0 amide bonds. The molecule has 1 aliphatic carbocycles. The summed E-state index contributed by atoms with van der Waals surface area (Å²) in [6.45, 7) is 1.99. The van der Waals surface area contributed by atoms with Gasteiger partial charge in [-0.2, -0.15) is 0 Å². The molecule has 0 spiro atoms. The molecule has 118 valence electrons. The number of aliphatic carboxylic acids is 1. The molecule has 0 aromatic heterocycles.